The molecule has 0 aliphatic rings. The molecule has 3 aromatic carbocycles. The smallest absolute Gasteiger partial charge is 0.320 e. The molecule has 3 amide bonds. The quantitative estimate of drug-likeness (QED) is 0.299. The molecule has 0 radical (unpaired) electrons. The van der Waals surface area contributed by atoms with Crippen LogP contribution in [-0.4, -0.2) is 22.4 Å². The molecule has 0 unspecified atom stereocenters. The third-order valence-corrected chi connectivity index (χ3v) is 6.24. The number of fused-ring (bicyclic) bond motifs is 1. The molecule has 0 saturated heterocycles. The van der Waals surface area contributed by atoms with Crippen molar-refractivity contribution in [3.05, 3.63) is 93.1 Å². The van der Waals surface area contributed by atoms with Crippen LogP contribution in [0.5, 0.6) is 0 Å². The number of aromatic nitrogens is 1. The predicted molar refractivity (Wildman–Crippen MR) is 142 cm³/mol. The van der Waals surface area contributed by atoms with Gasteiger partial charge in [-0.15, -0.1) is 0 Å². The lowest BCUT2D eigenvalue weighted by molar-refractivity contribution is -0.133. The molecule has 4 aromatic rings. The van der Waals surface area contributed by atoms with Gasteiger partial charge in [-0.3, -0.25) is 19.8 Å². The first-order chi connectivity index (χ1) is 16.6. The molecule has 178 valence electrons. The van der Waals surface area contributed by atoms with E-state index in [2.05, 4.69) is 32.0 Å². The zero-order chi connectivity index (χ0) is 25.3. The maximum atomic E-state index is 13.3. The molecule has 4 rings (SSSR count). The van der Waals surface area contributed by atoms with Crippen molar-refractivity contribution in [2.75, 3.05) is 16.1 Å². The molecule has 0 spiro atoms. The summed E-state index contributed by atoms with van der Waals surface area (Å²) in [5.41, 5.74) is 8.47. The van der Waals surface area contributed by atoms with E-state index in [1.807, 2.05) is 58.0 Å². The molecule has 7 nitrogen and oxygen atoms in total. The highest BCUT2D eigenvalue weighted by Gasteiger charge is 2.22. The Balaban J connectivity index is 1.65. The highest BCUT2D eigenvalue weighted by molar-refractivity contribution is 9.10. The van der Waals surface area contributed by atoms with Crippen molar-refractivity contribution in [2.45, 2.75) is 27.7 Å². The molecule has 8 heteroatoms. The van der Waals surface area contributed by atoms with Crippen molar-refractivity contribution in [1.82, 2.24) is 4.68 Å². The van der Waals surface area contributed by atoms with Gasteiger partial charge in [-0.25, -0.2) is 4.68 Å². The first-order valence-corrected chi connectivity index (χ1v) is 11.8. The van der Waals surface area contributed by atoms with Crippen molar-refractivity contribution >= 4 is 55.9 Å². The van der Waals surface area contributed by atoms with Gasteiger partial charge in [0.15, 0.2) is 0 Å². The van der Waals surface area contributed by atoms with Crippen LogP contribution < -0.4 is 16.1 Å². The molecule has 0 atom stereocenters. The van der Waals surface area contributed by atoms with Crippen LogP contribution in [0.2, 0.25) is 0 Å². The second-order valence-corrected chi connectivity index (χ2v) is 9.46. The van der Waals surface area contributed by atoms with Gasteiger partial charge in [0.1, 0.15) is 5.69 Å². The van der Waals surface area contributed by atoms with Crippen molar-refractivity contribution in [3.8, 4) is 0 Å². The number of nitrogens with zero attached hydrogens (tertiary/aromatic N) is 1. The van der Waals surface area contributed by atoms with Crippen LogP contribution in [0.25, 0.3) is 10.9 Å². The average molecular weight is 533 g/mol. The summed E-state index contributed by atoms with van der Waals surface area (Å²) < 4.78 is 2.16. The lowest BCUT2D eigenvalue weighted by Crippen LogP contribution is -2.36. The molecular formula is C27H25BrN4O3. The Bertz CT molecular complexity index is 1470. The van der Waals surface area contributed by atoms with Crippen LogP contribution in [0.1, 0.15) is 32.7 Å². The van der Waals surface area contributed by atoms with Crippen molar-refractivity contribution in [1.29, 1.82) is 0 Å². The lowest BCUT2D eigenvalue weighted by Gasteiger charge is -2.14. The van der Waals surface area contributed by atoms with Gasteiger partial charge in [-0.2, -0.15) is 0 Å². The molecule has 3 N–H and O–H groups in total. The molecule has 1 aromatic heterocycles. The molecule has 35 heavy (non-hydrogen) atoms. The van der Waals surface area contributed by atoms with E-state index in [1.165, 1.54) is 4.68 Å². The van der Waals surface area contributed by atoms with Gasteiger partial charge in [0.05, 0.1) is 5.52 Å². The number of rotatable bonds is 4. The SMILES string of the molecule is Cc1cc(C)cc(NC(=O)C(=O)Nn2c(C(=O)Nc3cccc(C)c3C)cc3cc(Br)ccc32)c1. The van der Waals surface area contributed by atoms with E-state index in [1.54, 1.807) is 30.3 Å². The van der Waals surface area contributed by atoms with Crippen LogP contribution >= 0.6 is 15.9 Å². The number of nitrogens with one attached hydrogen (secondary N) is 3. The van der Waals surface area contributed by atoms with E-state index in [4.69, 9.17) is 0 Å². The van der Waals surface area contributed by atoms with Gasteiger partial charge in [0.25, 0.3) is 5.91 Å². The largest absolute Gasteiger partial charge is 0.328 e. The normalized spacial score (nSPS) is 10.8. The standard InChI is InChI=1S/C27H25BrN4O3/c1-15-10-16(2)12-21(11-15)29-26(34)27(35)31-32-23-9-8-20(28)13-19(23)14-24(32)25(33)30-22-7-5-6-17(3)18(22)4/h5-14H,1-4H3,(H,29,34)(H,30,33)(H,31,35). The molecule has 0 saturated carbocycles. The lowest BCUT2D eigenvalue weighted by atomic mass is 10.1. The Kier molecular flexibility index (Phi) is 6.75. The second-order valence-electron chi connectivity index (χ2n) is 8.54. The molecule has 1 heterocycles. The number of benzene rings is 3. The Labute approximate surface area is 211 Å². The summed E-state index contributed by atoms with van der Waals surface area (Å²) >= 11 is 3.44. The van der Waals surface area contributed by atoms with Crippen LogP contribution in [0.3, 0.4) is 0 Å². The minimum atomic E-state index is -0.898. The number of anilines is 2. The van der Waals surface area contributed by atoms with Crippen LogP contribution in [0, 0.1) is 27.7 Å². The second kappa shape index (κ2) is 9.76. The molecule has 0 aliphatic heterocycles. The van der Waals surface area contributed by atoms with Crippen molar-refractivity contribution < 1.29 is 14.4 Å². The van der Waals surface area contributed by atoms with Crippen molar-refractivity contribution in [3.63, 3.8) is 0 Å². The van der Waals surface area contributed by atoms with Gasteiger partial charge in [-0.1, -0.05) is 34.1 Å². The number of carbonyl (C=O) groups is 3. The number of amides is 3. The minimum Gasteiger partial charge on any atom is -0.320 e. The fraction of sp³-hybridized carbons (Fsp3) is 0.148. The number of hydrogen-bond donors (Lipinski definition) is 3. The van der Waals surface area contributed by atoms with E-state index in [0.717, 1.165) is 32.1 Å². The number of aryl methyl sites for hydroxylation is 3. The third kappa shape index (κ3) is 5.27. The maximum Gasteiger partial charge on any atom is 0.328 e. The summed E-state index contributed by atoms with van der Waals surface area (Å²) in [7, 11) is 0. The van der Waals surface area contributed by atoms with E-state index >= 15 is 0 Å². The van der Waals surface area contributed by atoms with Gasteiger partial charge >= 0.3 is 11.8 Å². The van der Waals surface area contributed by atoms with Crippen LogP contribution in [0.15, 0.2) is 65.1 Å². The van der Waals surface area contributed by atoms with Gasteiger partial charge < -0.3 is 10.6 Å². The molecule has 0 bridgehead atoms. The molecular weight excluding hydrogens is 508 g/mol. The van der Waals surface area contributed by atoms with Gasteiger partial charge in [0.2, 0.25) is 0 Å². The molecule has 0 aliphatic carbocycles. The molecule has 0 fully saturated rings. The third-order valence-electron chi connectivity index (χ3n) is 5.75. The highest BCUT2D eigenvalue weighted by Crippen LogP contribution is 2.25. The number of halogens is 1. The fourth-order valence-electron chi connectivity index (χ4n) is 3.93. The van der Waals surface area contributed by atoms with Gasteiger partial charge in [0, 0.05) is 21.2 Å². The Morgan fingerprint density at radius 1 is 0.800 bits per heavy atom. The summed E-state index contributed by atoms with van der Waals surface area (Å²) in [6.45, 7) is 7.71. The van der Waals surface area contributed by atoms with E-state index < -0.39 is 17.7 Å². The van der Waals surface area contributed by atoms with Crippen LogP contribution in [-0.2, 0) is 9.59 Å². The van der Waals surface area contributed by atoms with Crippen LogP contribution in [0.4, 0.5) is 11.4 Å². The zero-order valence-electron chi connectivity index (χ0n) is 19.8. The predicted octanol–water partition coefficient (Wildman–Crippen LogP) is 5.60. The Hall–Kier alpha value is -3.91. The first-order valence-electron chi connectivity index (χ1n) is 11.0. The fourth-order valence-corrected chi connectivity index (χ4v) is 4.31. The Morgan fingerprint density at radius 2 is 1.51 bits per heavy atom. The summed E-state index contributed by atoms with van der Waals surface area (Å²) in [6.07, 6.45) is 0. The zero-order valence-corrected chi connectivity index (χ0v) is 21.4. The minimum absolute atomic E-state index is 0.187. The number of hydrogen-bond acceptors (Lipinski definition) is 3. The Morgan fingerprint density at radius 3 is 2.23 bits per heavy atom. The van der Waals surface area contributed by atoms with E-state index in [0.29, 0.717) is 16.9 Å². The topological polar surface area (TPSA) is 92.2 Å². The average Bonchev–Trinajstić information content (AvgIpc) is 3.13. The summed E-state index contributed by atoms with van der Waals surface area (Å²) in [6, 6.07) is 18.2. The summed E-state index contributed by atoms with van der Waals surface area (Å²) in [5, 5.41) is 6.26. The first kappa shape index (κ1) is 24.2. The summed E-state index contributed by atoms with van der Waals surface area (Å²) in [4.78, 5) is 38.8. The summed E-state index contributed by atoms with van der Waals surface area (Å²) in [5.74, 6) is -2.15. The highest BCUT2D eigenvalue weighted by atomic mass is 79.9. The van der Waals surface area contributed by atoms with E-state index in [9.17, 15) is 14.4 Å². The number of carbonyl (C=O) groups excluding carboxylic acids is 3. The van der Waals surface area contributed by atoms with E-state index in [-0.39, 0.29) is 5.69 Å². The maximum absolute atomic E-state index is 13.3. The van der Waals surface area contributed by atoms with Gasteiger partial charge in [-0.05, 0) is 92.4 Å². The van der Waals surface area contributed by atoms with Crippen molar-refractivity contribution in [2.24, 2.45) is 0 Å². The monoisotopic (exact) mass is 532 g/mol.